The van der Waals surface area contributed by atoms with Crippen LogP contribution in [-0.2, 0) is 5.41 Å². The van der Waals surface area contributed by atoms with Crippen LogP contribution in [0.25, 0.3) is 0 Å². The van der Waals surface area contributed by atoms with Crippen molar-refractivity contribution in [3.05, 3.63) is 28.8 Å². The van der Waals surface area contributed by atoms with Crippen LogP contribution in [0.5, 0.6) is 5.75 Å². The first-order chi connectivity index (χ1) is 9.07. The van der Waals surface area contributed by atoms with Crippen LogP contribution in [0.3, 0.4) is 0 Å². The Morgan fingerprint density at radius 2 is 2.11 bits per heavy atom. The molecule has 1 N–H and O–H groups in total. The Hall–Kier alpha value is -0.730. The summed E-state index contributed by atoms with van der Waals surface area (Å²) in [4.78, 5) is 0. The maximum atomic E-state index is 6.17. The number of halogens is 1. The summed E-state index contributed by atoms with van der Waals surface area (Å²) in [5, 5.41) is 4.40. The molecule has 1 saturated carbocycles. The monoisotopic (exact) mass is 281 g/mol. The molecule has 0 saturated heterocycles. The van der Waals surface area contributed by atoms with Gasteiger partial charge in [-0.3, -0.25) is 0 Å². The topological polar surface area (TPSA) is 21.3 Å². The van der Waals surface area contributed by atoms with Gasteiger partial charge in [0.05, 0.1) is 7.11 Å². The van der Waals surface area contributed by atoms with Crippen LogP contribution < -0.4 is 10.1 Å². The quantitative estimate of drug-likeness (QED) is 0.850. The first-order valence-electron chi connectivity index (χ1n) is 7.12. The van der Waals surface area contributed by atoms with E-state index in [0.717, 1.165) is 23.9 Å². The third-order valence-corrected chi connectivity index (χ3v) is 4.29. The molecule has 0 unspecified atom stereocenters. The van der Waals surface area contributed by atoms with Gasteiger partial charge in [0.1, 0.15) is 5.75 Å². The van der Waals surface area contributed by atoms with Gasteiger partial charge in [0.15, 0.2) is 0 Å². The molecular weight excluding hydrogens is 258 g/mol. The Bertz CT molecular complexity index is 427. The highest BCUT2D eigenvalue weighted by Gasteiger charge is 2.40. The van der Waals surface area contributed by atoms with Gasteiger partial charge in [0, 0.05) is 22.5 Å². The first-order valence-corrected chi connectivity index (χ1v) is 7.50. The molecule has 1 aliphatic rings. The van der Waals surface area contributed by atoms with Crippen molar-refractivity contribution in [1.29, 1.82) is 0 Å². The Balaban J connectivity index is 2.18. The molecule has 0 aromatic heterocycles. The molecule has 1 fully saturated rings. The lowest BCUT2D eigenvalue weighted by Crippen LogP contribution is -2.44. The smallest absolute Gasteiger partial charge is 0.122 e. The second-order valence-electron chi connectivity index (χ2n) is 6.00. The van der Waals surface area contributed by atoms with Crippen LogP contribution in [0.2, 0.25) is 5.02 Å². The molecule has 0 amide bonds. The number of hydrogen-bond donors (Lipinski definition) is 1. The molecule has 1 aromatic carbocycles. The third-order valence-electron chi connectivity index (χ3n) is 4.06. The van der Waals surface area contributed by atoms with Gasteiger partial charge in [0.2, 0.25) is 0 Å². The number of ether oxygens (including phenoxy) is 1. The molecule has 0 radical (unpaired) electrons. The Morgan fingerprint density at radius 1 is 1.37 bits per heavy atom. The van der Waals surface area contributed by atoms with Gasteiger partial charge in [-0.2, -0.15) is 0 Å². The summed E-state index contributed by atoms with van der Waals surface area (Å²) in [5.74, 6) is 1.65. The summed E-state index contributed by atoms with van der Waals surface area (Å²) in [7, 11) is 1.74. The number of nitrogens with one attached hydrogen (secondary N) is 1. The van der Waals surface area contributed by atoms with E-state index in [9.17, 15) is 0 Å². The predicted molar refractivity (Wildman–Crippen MR) is 81.2 cm³/mol. The molecule has 1 aliphatic carbocycles. The standard InChI is InChI=1S/C16H24ClNO/c1-12(2)10-18-11-16(7-4-8-16)14-9-13(17)5-6-15(14)19-3/h5-6,9,12,18H,4,7-8,10-11H2,1-3H3. The van der Waals surface area contributed by atoms with Crippen LogP contribution >= 0.6 is 11.6 Å². The van der Waals surface area contributed by atoms with E-state index in [1.165, 1.54) is 24.8 Å². The van der Waals surface area contributed by atoms with Crippen molar-refractivity contribution in [1.82, 2.24) is 5.32 Å². The molecule has 106 valence electrons. The average molecular weight is 282 g/mol. The maximum absolute atomic E-state index is 6.17. The predicted octanol–water partition coefficient (Wildman–Crippen LogP) is 4.02. The van der Waals surface area contributed by atoms with Gasteiger partial charge in [-0.1, -0.05) is 31.9 Å². The minimum Gasteiger partial charge on any atom is -0.496 e. The van der Waals surface area contributed by atoms with E-state index in [1.54, 1.807) is 7.11 Å². The summed E-state index contributed by atoms with van der Waals surface area (Å²) >= 11 is 6.17. The van der Waals surface area contributed by atoms with Gasteiger partial charge in [-0.25, -0.2) is 0 Å². The Morgan fingerprint density at radius 3 is 2.63 bits per heavy atom. The molecule has 3 heteroatoms. The van der Waals surface area contributed by atoms with Gasteiger partial charge in [-0.15, -0.1) is 0 Å². The highest BCUT2D eigenvalue weighted by atomic mass is 35.5. The lowest BCUT2D eigenvalue weighted by atomic mass is 9.64. The zero-order chi connectivity index (χ0) is 13.9. The van der Waals surface area contributed by atoms with E-state index in [4.69, 9.17) is 16.3 Å². The van der Waals surface area contributed by atoms with Gasteiger partial charge in [0.25, 0.3) is 0 Å². The fourth-order valence-electron chi connectivity index (χ4n) is 2.84. The minimum absolute atomic E-state index is 0.213. The molecule has 2 rings (SSSR count). The van der Waals surface area contributed by atoms with Crippen molar-refractivity contribution in [2.45, 2.75) is 38.5 Å². The largest absolute Gasteiger partial charge is 0.496 e. The van der Waals surface area contributed by atoms with Crippen molar-refractivity contribution in [2.24, 2.45) is 5.92 Å². The molecule has 0 heterocycles. The van der Waals surface area contributed by atoms with E-state index >= 15 is 0 Å². The molecular formula is C16H24ClNO. The Labute approximate surface area is 121 Å². The third kappa shape index (κ3) is 3.24. The average Bonchev–Trinajstić information content (AvgIpc) is 2.32. The van der Waals surface area contributed by atoms with E-state index in [2.05, 4.69) is 25.2 Å². The second kappa shape index (κ2) is 6.15. The summed E-state index contributed by atoms with van der Waals surface area (Å²) < 4.78 is 5.52. The van der Waals surface area contributed by atoms with Crippen LogP contribution in [0.15, 0.2) is 18.2 Å². The first kappa shape index (κ1) is 14.7. The lowest BCUT2D eigenvalue weighted by Gasteiger charge is -2.43. The summed E-state index contributed by atoms with van der Waals surface area (Å²) in [6.45, 7) is 6.55. The van der Waals surface area contributed by atoms with E-state index < -0.39 is 0 Å². The second-order valence-corrected chi connectivity index (χ2v) is 6.44. The van der Waals surface area contributed by atoms with Gasteiger partial charge in [-0.05, 0) is 43.5 Å². The van der Waals surface area contributed by atoms with Crippen LogP contribution in [0.4, 0.5) is 0 Å². The Kier molecular flexibility index (Phi) is 4.75. The van der Waals surface area contributed by atoms with Crippen molar-refractivity contribution in [2.75, 3.05) is 20.2 Å². The number of hydrogen-bond acceptors (Lipinski definition) is 2. The molecule has 0 spiro atoms. The highest BCUT2D eigenvalue weighted by molar-refractivity contribution is 6.30. The molecule has 2 nitrogen and oxygen atoms in total. The highest BCUT2D eigenvalue weighted by Crippen LogP contribution is 2.47. The van der Waals surface area contributed by atoms with Crippen LogP contribution in [0, 0.1) is 5.92 Å². The fourth-order valence-corrected chi connectivity index (χ4v) is 3.01. The van der Waals surface area contributed by atoms with Crippen LogP contribution in [0.1, 0.15) is 38.7 Å². The van der Waals surface area contributed by atoms with E-state index in [1.807, 2.05) is 12.1 Å². The molecule has 0 bridgehead atoms. The van der Waals surface area contributed by atoms with Crippen molar-refractivity contribution in [3.8, 4) is 5.75 Å². The van der Waals surface area contributed by atoms with Crippen molar-refractivity contribution in [3.63, 3.8) is 0 Å². The SMILES string of the molecule is COc1ccc(Cl)cc1C1(CNCC(C)C)CCC1. The molecule has 0 aliphatic heterocycles. The number of benzene rings is 1. The van der Waals surface area contributed by atoms with Gasteiger partial charge >= 0.3 is 0 Å². The lowest BCUT2D eigenvalue weighted by molar-refractivity contribution is 0.223. The van der Waals surface area contributed by atoms with Crippen molar-refractivity contribution < 1.29 is 4.74 Å². The van der Waals surface area contributed by atoms with E-state index in [0.29, 0.717) is 5.92 Å². The van der Waals surface area contributed by atoms with E-state index in [-0.39, 0.29) is 5.41 Å². The van der Waals surface area contributed by atoms with Crippen molar-refractivity contribution >= 4 is 11.6 Å². The number of methoxy groups -OCH3 is 1. The summed E-state index contributed by atoms with van der Waals surface area (Å²) in [6.07, 6.45) is 3.72. The van der Waals surface area contributed by atoms with Crippen LogP contribution in [-0.4, -0.2) is 20.2 Å². The molecule has 0 atom stereocenters. The normalized spacial score (nSPS) is 17.3. The fraction of sp³-hybridized carbons (Fsp3) is 0.625. The molecule has 19 heavy (non-hydrogen) atoms. The minimum atomic E-state index is 0.213. The summed E-state index contributed by atoms with van der Waals surface area (Å²) in [6, 6.07) is 5.97. The van der Waals surface area contributed by atoms with Gasteiger partial charge < -0.3 is 10.1 Å². The molecule has 1 aromatic rings. The zero-order valence-electron chi connectivity index (χ0n) is 12.1. The summed E-state index contributed by atoms with van der Waals surface area (Å²) in [5.41, 5.74) is 1.48. The number of rotatable bonds is 6. The zero-order valence-corrected chi connectivity index (χ0v) is 12.9. The maximum Gasteiger partial charge on any atom is 0.122 e.